The minimum atomic E-state index is 0.0759. The average Bonchev–Trinajstić information content (AvgIpc) is 2.46. The topological polar surface area (TPSA) is 34.0 Å². The molecule has 0 atom stereocenters. The minimum absolute atomic E-state index is 0.0759. The van der Waals surface area contributed by atoms with Gasteiger partial charge in [-0.15, -0.1) is 0 Å². The standard InChI is InChI=1S/C19H26N2O/c1-13(2)11-20-12-17-8-9-18(21(5)19(17)22)16-7-6-14(3)15(4)10-16/h6-10,13,20H,11-12H2,1-5H3. The highest BCUT2D eigenvalue weighted by molar-refractivity contribution is 5.61. The molecule has 1 heterocycles. The van der Waals surface area contributed by atoms with Crippen molar-refractivity contribution in [3.05, 3.63) is 57.4 Å². The first-order valence-corrected chi connectivity index (χ1v) is 7.87. The van der Waals surface area contributed by atoms with E-state index < -0.39 is 0 Å². The third kappa shape index (κ3) is 3.66. The first-order chi connectivity index (χ1) is 10.4. The fourth-order valence-corrected chi connectivity index (χ4v) is 2.51. The van der Waals surface area contributed by atoms with E-state index in [0.717, 1.165) is 23.4 Å². The average molecular weight is 298 g/mol. The summed E-state index contributed by atoms with van der Waals surface area (Å²) in [6.45, 7) is 10.1. The molecule has 1 N–H and O–H groups in total. The molecule has 0 amide bonds. The van der Waals surface area contributed by atoms with Crippen LogP contribution in [0.25, 0.3) is 11.3 Å². The number of nitrogens with zero attached hydrogens (tertiary/aromatic N) is 1. The zero-order valence-corrected chi connectivity index (χ0v) is 14.2. The second kappa shape index (κ2) is 6.93. The summed E-state index contributed by atoms with van der Waals surface area (Å²) in [5.41, 5.74) is 5.45. The van der Waals surface area contributed by atoms with Crippen LogP contribution in [0.3, 0.4) is 0 Å². The third-order valence-electron chi connectivity index (χ3n) is 4.05. The van der Waals surface area contributed by atoms with Crippen molar-refractivity contribution in [3.63, 3.8) is 0 Å². The Morgan fingerprint density at radius 3 is 2.45 bits per heavy atom. The van der Waals surface area contributed by atoms with Crippen LogP contribution in [0.15, 0.2) is 35.1 Å². The zero-order valence-electron chi connectivity index (χ0n) is 14.2. The fourth-order valence-electron chi connectivity index (χ4n) is 2.51. The van der Waals surface area contributed by atoms with Gasteiger partial charge in [0.2, 0.25) is 0 Å². The van der Waals surface area contributed by atoms with Crippen molar-refractivity contribution >= 4 is 0 Å². The van der Waals surface area contributed by atoms with E-state index >= 15 is 0 Å². The molecule has 0 aliphatic rings. The van der Waals surface area contributed by atoms with Gasteiger partial charge in [-0.05, 0) is 55.1 Å². The molecule has 0 spiro atoms. The van der Waals surface area contributed by atoms with Gasteiger partial charge in [0.15, 0.2) is 0 Å². The Kier molecular flexibility index (Phi) is 5.19. The summed E-state index contributed by atoms with van der Waals surface area (Å²) < 4.78 is 1.75. The smallest absolute Gasteiger partial charge is 0.255 e. The monoisotopic (exact) mass is 298 g/mol. The van der Waals surface area contributed by atoms with E-state index in [0.29, 0.717) is 12.5 Å². The van der Waals surface area contributed by atoms with E-state index in [1.807, 2.05) is 19.2 Å². The molecule has 3 nitrogen and oxygen atoms in total. The van der Waals surface area contributed by atoms with Gasteiger partial charge in [0, 0.05) is 19.2 Å². The molecule has 22 heavy (non-hydrogen) atoms. The molecule has 0 fully saturated rings. The van der Waals surface area contributed by atoms with Crippen LogP contribution in [0.1, 0.15) is 30.5 Å². The Labute approximate surface area is 133 Å². The fraction of sp³-hybridized carbons (Fsp3) is 0.421. The normalized spacial score (nSPS) is 11.2. The molecule has 0 unspecified atom stereocenters. The summed E-state index contributed by atoms with van der Waals surface area (Å²) in [7, 11) is 1.85. The van der Waals surface area contributed by atoms with Gasteiger partial charge < -0.3 is 9.88 Å². The van der Waals surface area contributed by atoms with E-state index in [2.05, 4.69) is 51.2 Å². The number of pyridine rings is 1. The maximum Gasteiger partial charge on any atom is 0.255 e. The Morgan fingerprint density at radius 2 is 1.82 bits per heavy atom. The minimum Gasteiger partial charge on any atom is -0.312 e. The SMILES string of the molecule is Cc1ccc(-c2ccc(CNCC(C)C)c(=O)n2C)cc1C. The number of aromatic nitrogens is 1. The highest BCUT2D eigenvalue weighted by Crippen LogP contribution is 2.21. The molecule has 2 rings (SSSR count). The molecule has 0 bridgehead atoms. The lowest BCUT2D eigenvalue weighted by atomic mass is 10.0. The van der Waals surface area contributed by atoms with Crippen LogP contribution in [0.2, 0.25) is 0 Å². The number of hydrogen-bond donors (Lipinski definition) is 1. The lowest BCUT2D eigenvalue weighted by Crippen LogP contribution is -2.27. The lowest BCUT2D eigenvalue weighted by molar-refractivity contribution is 0.549. The van der Waals surface area contributed by atoms with Crippen molar-refractivity contribution in [2.45, 2.75) is 34.2 Å². The molecule has 2 aromatic rings. The highest BCUT2D eigenvalue weighted by Gasteiger charge is 2.08. The van der Waals surface area contributed by atoms with Crippen molar-refractivity contribution in [2.75, 3.05) is 6.54 Å². The predicted molar refractivity (Wildman–Crippen MR) is 93.1 cm³/mol. The van der Waals surface area contributed by atoms with Crippen molar-refractivity contribution in [1.82, 2.24) is 9.88 Å². The third-order valence-corrected chi connectivity index (χ3v) is 4.05. The predicted octanol–water partition coefficient (Wildman–Crippen LogP) is 3.41. The van der Waals surface area contributed by atoms with Gasteiger partial charge >= 0.3 is 0 Å². The first-order valence-electron chi connectivity index (χ1n) is 7.87. The second-order valence-corrected chi connectivity index (χ2v) is 6.43. The first kappa shape index (κ1) is 16.5. The maximum atomic E-state index is 12.5. The van der Waals surface area contributed by atoms with Crippen molar-refractivity contribution in [2.24, 2.45) is 13.0 Å². The number of hydrogen-bond acceptors (Lipinski definition) is 2. The van der Waals surface area contributed by atoms with E-state index in [9.17, 15) is 4.79 Å². The molecule has 1 aromatic carbocycles. The molecular formula is C19H26N2O. The summed E-state index contributed by atoms with van der Waals surface area (Å²) in [6.07, 6.45) is 0. The Morgan fingerprint density at radius 1 is 1.09 bits per heavy atom. The zero-order chi connectivity index (χ0) is 16.3. The molecular weight excluding hydrogens is 272 g/mol. The number of nitrogens with one attached hydrogen (secondary N) is 1. The van der Waals surface area contributed by atoms with Crippen LogP contribution in [0.5, 0.6) is 0 Å². The molecule has 0 aliphatic heterocycles. The van der Waals surface area contributed by atoms with E-state index in [4.69, 9.17) is 0 Å². The quantitative estimate of drug-likeness (QED) is 0.918. The summed E-state index contributed by atoms with van der Waals surface area (Å²) in [5.74, 6) is 0.582. The summed E-state index contributed by atoms with van der Waals surface area (Å²) in [6, 6.07) is 10.3. The molecule has 1 aromatic heterocycles. The van der Waals surface area contributed by atoms with Gasteiger partial charge in [-0.2, -0.15) is 0 Å². The van der Waals surface area contributed by atoms with E-state index in [1.54, 1.807) is 4.57 Å². The summed E-state index contributed by atoms with van der Waals surface area (Å²) in [5, 5.41) is 3.33. The Hall–Kier alpha value is -1.87. The van der Waals surface area contributed by atoms with Gasteiger partial charge in [0.25, 0.3) is 5.56 Å². The molecule has 0 aliphatic carbocycles. The van der Waals surface area contributed by atoms with E-state index in [1.165, 1.54) is 11.1 Å². The van der Waals surface area contributed by atoms with Crippen LogP contribution in [0.4, 0.5) is 0 Å². The molecule has 0 radical (unpaired) electrons. The lowest BCUT2D eigenvalue weighted by Gasteiger charge is -2.13. The van der Waals surface area contributed by atoms with Gasteiger partial charge in [0.1, 0.15) is 0 Å². The van der Waals surface area contributed by atoms with Crippen LogP contribution < -0.4 is 10.9 Å². The second-order valence-electron chi connectivity index (χ2n) is 6.43. The summed E-state index contributed by atoms with van der Waals surface area (Å²) >= 11 is 0. The summed E-state index contributed by atoms with van der Waals surface area (Å²) in [4.78, 5) is 12.5. The van der Waals surface area contributed by atoms with Crippen molar-refractivity contribution in [3.8, 4) is 11.3 Å². The Balaban J connectivity index is 2.30. The van der Waals surface area contributed by atoms with Gasteiger partial charge in [-0.1, -0.05) is 32.0 Å². The number of benzene rings is 1. The molecule has 3 heteroatoms. The number of aryl methyl sites for hydroxylation is 2. The number of rotatable bonds is 5. The van der Waals surface area contributed by atoms with Crippen molar-refractivity contribution in [1.29, 1.82) is 0 Å². The van der Waals surface area contributed by atoms with Crippen molar-refractivity contribution < 1.29 is 0 Å². The van der Waals surface area contributed by atoms with Crippen LogP contribution >= 0.6 is 0 Å². The molecule has 0 saturated heterocycles. The molecule has 118 valence electrons. The van der Waals surface area contributed by atoms with Crippen LogP contribution in [-0.2, 0) is 13.6 Å². The van der Waals surface area contributed by atoms with Crippen LogP contribution in [0, 0.1) is 19.8 Å². The van der Waals surface area contributed by atoms with E-state index in [-0.39, 0.29) is 5.56 Å². The van der Waals surface area contributed by atoms with Crippen LogP contribution in [-0.4, -0.2) is 11.1 Å². The maximum absolute atomic E-state index is 12.5. The molecule has 0 saturated carbocycles. The Bertz CT molecular complexity index is 714. The van der Waals surface area contributed by atoms with Gasteiger partial charge in [-0.25, -0.2) is 0 Å². The largest absolute Gasteiger partial charge is 0.312 e. The van der Waals surface area contributed by atoms with Gasteiger partial charge in [-0.3, -0.25) is 4.79 Å². The van der Waals surface area contributed by atoms with Gasteiger partial charge in [0.05, 0.1) is 5.69 Å². The highest BCUT2D eigenvalue weighted by atomic mass is 16.1.